The molecule has 11 heteroatoms. The summed E-state index contributed by atoms with van der Waals surface area (Å²) in [5.41, 5.74) is 2.51. The second-order valence-corrected chi connectivity index (χ2v) is 11.5. The molecule has 0 aliphatic rings. The zero-order valence-corrected chi connectivity index (χ0v) is 21.5. The first-order chi connectivity index (χ1) is 14.9. The molecule has 0 aliphatic carbocycles. The molecule has 0 saturated carbocycles. The Hall–Kier alpha value is -1.79. The van der Waals surface area contributed by atoms with Gasteiger partial charge in [-0.3, -0.25) is 9.79 Å². The van der Waals surface area contributed by atoms with Crippen molar-refractivity contribution >= 4 is 99.5 Å². The summed E-state index contributed by atoms with van der Waals surface area (Å²) in [6, 6.07) is 9.38. The van der Waals surface area contributed by atoms with Crippen molar-refractivity contribution in [1.82, 2.24) is 9.97 Å². The van der Waals surface area contributed by atoms with Gasteiger partial charge in [0.05, 0.1) is 30.1 Å². The Labute approximate surface area is 207 Å². The number of hydrogen-bond donors (Lipinski definition) is 2. The molecule has 0 aliphatic heterocycles. The lowest BCUT2D eigenvalue weighted by molar-refractivity contribution is -0.115. The van der Waals surface area contributed by atoms with Gasteiger partial charge in [-0.15, -0.1) is 22.7 Å². The molecule has 2 N–H and O–H groups in total. The summed E-state index contributed by atoms with van der Waals surface area (Å²) in [6.45, 7) is 1.85. The van der Waals surface area contributed by atoms with E-state index in [2.05, 4.69) is 52.1 Å². The van der Waals surface area contributed by atoms with Crippen molar-refractivity contribution in [2.75, 3.05) is 5.32 Å². The lowest BCUT2D eigenvalue weighted by Crippen LogP contribution is -2.22. The molecule has 1 amide bonds. The average molecular weight is 598 g/mol. The number of hydrogen-bond acceptors (Lipinski definition) is 8. The number of nitrogens with one attached hydrogen (secondary N) is 1. The van der Waals surface area contributed by atoms with E-state index in [0.717, 1.165) is 25.8 Å². The summed E-state index contributed by atoms with van der Waals surface area (Å²) in [5.74, 6) is 0.0542. The first-order valence-corrected chi connectivity index (χ1v) is 13.0. The van der Waals surface area contributed by atoms with Gasteiger partial charge in [-0.1, -0.05) is 11.8 Å². The molecule has 4 rings (SSSR count). The minimum absolute atomic E-state index is 0.101. The number of fused-ring (bicyclic) bond motifs is 1. The van der Waals surface area contributed by atoms with Crippen LogP contribution in [0.2, 0.25) is 0 Å². The zero-order chi connectivity index (χ0) is 22.0. The molecule has 2 aromatic carbocycles. The first kappa shape index (κ1) is 22.4. The first-order valence-electron chi connectivity index (χ1n) is 8.89. The maximum Gasteiger partial charge on any atom is 0.239 e. The van der Waals surface area contributed by atoms with Crippen LogP contribution < -0.4 is 5.32 Å². The third kappa shape index (κ3) is 5.53. The van der Waals surface area contributed by atoms with Gasteiger partial charge in [0.25, 0.3) is 0 Å². The third-order valence-electron chi connectivity index (χ3n) is 4.06. The van der Waals surface area contributed by atoms with Crippen LogP contribution in [0.1, 0.15) is 12.5 Å². The minimum Gasteiger partial charge on any atom is -0.506 e. The Morgan fingerprint density at radius 2 is 2.06 bits per heavy atom. The number of aromatic hydroxyl groups is 1. The number of thiazole rings is 2. The van der Waals surface area contributed by atoms with Gasteiger partial charge in [-0.25, -0.2) is 9.97 Å². The molecule has 1 atom stereocenters. The van der Waals surface area contributed by atoms with Crippen LogP contribution in [0.3, 0.4) is 0 Å². The zero-order valence-electron chi connectivity index (χ0n) is 15.9. The Kier molecular flexibility index (Phi) is 7.07. The monoisotopic (exact) mass is 596 g/mol. The van der Waals surface area contributed by atoms with Crippen molar-refractivity contribution in [2.45, 2.75) is 16.5 Å². The van der Waals surface area contributed by atoms with Gasteiger partial charge in [0.2, 0.25) is 5.91 Å². The van der Waals surface area contributed by atoms with Crippen molar-refractivity contribution in [1.29, 1.82) is 0 Å². The van der Waals surface area contributed by atoms with Gasteiger partial charge >= 0.3 is 0 Å². The Morgan fingerprint density at radius 3 is 2.77 bits per heavy atom. The number of thioether (sulfide) groups is 1. The van der Waals surface area contributed by atoms with Crippen molar-refractivity contribution in [3.8, 4) is 5.75 Å². The second-order valence-electron chi connectivity index (χ2n) is 6.31. The number of carbonyl (C=O) groups excluding carboxylic acids is 1. The Balaban J connectivity index is 1.47. The van der Waals surface area contributed by atoms with E-state index in [-0.39, 0.29) is 16.9 Å². The van der Waals surface area contributed by atoms with E-state index < -0.39 is 0 Å². The number of rotatable bonds is 6. The molecule has 2 aromatic heterocycles. The van der Waals surface area contributed by atoms with Gasteiger partial charge < -0.3 is 10.4 Å². The molecule has 0 fully saturated rings. The summed E-state index contributed by atoms with van der Waals surface area (Å²) in [5, 5.41) is 14.8. The highest BCUT2D eigenvalue weighted by Gasteiger charge is 2.18. The SMILES string of the molecule is C[C@H](Sc1nc2ccc(N=Cc3cc(Br)c(O)c(Br)c3)cc2s1)C(=O)Nc1nccs1. The molecule has 4 aromatic rings. The van der Waals surface area contributed by atoms with Crippen LogP contribution >= 0.6 is 66.3 Å². The molecule has 0 unspecified atom stereocenters. The number of carbonyl (C=O) groups is 1. The molecule has 0 saturated heterocycles. The Morgan fingerprint density at radius 1 is 1.29 bits per heavy atom. The van der Waals surface area contributed by atoms with E-state index in [1.54, 1.807) is 24.5 Å². The third-order valence-corrected chi connectivity index (χ3v) is 8.17. The summed E-state index contributed by atoms with van der Waals surface area (Å²) >= 11 is 11.0. The highest BCUT2D eigenvalue weighted by molar-refractivity contribution is 9.11. The van der Waals surface area contributed by atoms with Gasteiger partial charge in [-0.05, 0) is 74.7 Å². The molecule has 0 spiro atoms. The van der Waals surface area contributed by atoms with E-state index in [1.165, 1.54) is 34.4 Å². The van der Waals surface area contributed by atoms with Crippen molar-refractivity contribution in [2.24, 2.45) is 4.99 Å². The largest absolute Gasteiger partial charge is 0.506 e. The van der Waals surface area contributed by atoms with Gasteiger partial charge in [0.15, 0.2) is 9.47 Å². The van der Waals surface area contributed by atoms with E-state index in [4.69, 9.17) is 0 Å². The highest BCUT2D eigenvalue weighted by Crippen LogP contribution is 2.35. The summed E-state index contributed by atoms with van der Waals surface area (Å²) < 4.78 is 3.01. The molecule has 158 valence electrons. The van der Waals surface area contributed by atoms with E-state index in [0.29, 0.717) is 14.1 Å². The number of aromatic nitrogens is 2. The average Bonchev–Trinajstić information content (AvgIpc) is 3.39. The molecule has 0 radical (unpaired) electrons. The number of nitrogens with zero attached hydrogens (tertiary/aromatic N) is 3. The molecule has 6 nitrogen and oxygen atoms in total. The predicted octanol–water partition coefficient (Wildman–Crippen LogP) is 6.85. The Bertz CT molecular complexity index is 1250. The summed E-state index contributed by atoms with van der Waals surface area (Å²) in [7, 11) is 0. The van der Waals surface area contributed by atoms with Crippen molar-refractivity contribution < 1.29 is 9.90 Å². The number of aliphatic imine (C=N–C) groups is 1. The van der Waals surface area contributed by atoms with Crippen LogP contribution in [0, 0.1) is 0 Å². The number of benzene rings is 2. The predicted molar refractivity (Wildman–Crippen MR) is 136 cm³/mol. The van der Waals surface area contributed by atoms with Crippen molar-refractivity contribution in [3.05, 3.63) is 56.4 Å². The number of anilines is 1. The van der Waals surface area contributed by atoms with E-state index in [1.807, 2.05) is 30.5 Å². The van der Waals surface area contributed by atoms with Crippen molar-refractivity contribution in [3.63, 3.8) is 0 Å². The second kappa shape index (κ2) is 9.78. The van der Waals surface area contributed by atoms with Crippen LogP contribution in [0.4, 0.5) is 10.8 Å². The van der Waals surface area contributed by atoms with Gasteiger partial charge in [0.1, 0.15) is 5.75 Å². The van der Waals surface area contributed by atoms with Crippen LogP contribution in [0.5, 0.6) is 5.75 Å². The number of phenolic OH excluding ortho intramolecular Hbond substituents is 1. The van der Waals surface area contributed by atoms with Crippen LogP contribution in [0.15, 0.2) is 60.2 Å². The lowest BCUT2D eigenvalue weighted by atomic mass is 10.2. The summed E-state index contributed by atoms with van der Waals surface area (Å²) in [6.07, 6.45) is 3.39. The standard InChI is InChI=1S/C20H14Br2N4O2S3/c1-10(18(28)26-19-23-4-5-29-19)30-20-25-15-3-2-12(8-16(15)31-20)24-9-11-6-13(21)17(27)14(22)7-11/h2-10,27H,1H3,(H,23,26,28)/t10-/m0/s1. The van der Waals surface area contributed by atoms with E-state index >= 15 is 0 Å². The molecular weight excluding hydrogens is 584 g/mol. The molecule has 31 heavy (non-hydrogen) atoms. The quantitative estimate of drug-likeness (QED) is 0.187. The van der Waals surface area contributed by atoms with Gasteiger partial charge in [-0.2, -0.15) is 0 Å². The van der Waals surface area contributed by atoms with E-state index in [9.17, 15) is 9.90 Å². The number of phenols is 1. The summed E-state index contributed by atoms with van der Waals surface area (Å²) in [4.78, 5) is 25.6. The lowest BCUT2D eigenvalue weighted by Gasteiger charge is -2.07. The number of amides is 1. The fourth-order valence-electron chi connectivity index (χ4n) is 2.53. The fourth-order valence-corrected chi connectivity index (χ4v) is 6.53. The smallest absolute Gasteiger partial charge is 0.239 e. The maximum absolute atomic E-state index is 12.3. The molecular formula is C20H14Br2N4O2S3. The number of halogens is 2. The topological polar surface area (TPSA) is 87.5 Å². The van der Waals surface area contributed by atoms with Crippen LogP contribution in [-0.2, 0) is 4.79 Å². The fraction of sp³-hybridized carbons (Fsp3) is 0.100. The highest BCUT2D eigenvalue weighted by atomic mass is 79.9. The minimum atomic E-state index is -0.298. The van der Waals surface area contributed by atoms with Crippen LogP contribution in [0.25, 0.3) is 10.2 Å². The normalized spacial score (nSPS) is 12.5. The van der Waals surface area contributed by atoms with Gasteiger partial charge in [0, 0.05) is 17.8 Å². The molecule has 2 heterocycles. The maximum atomic E-state index is 12.3. The molecule has 0 bridgehead atoms. The van der Waals surface area contributed by atoms with Crippen LogP contribution in [-0.4, -0.2) is 32.4 Å².